The normalized spacial score (nSPS) is 12.9. The molecule has 0 bridgehead atoms. The molecule has 0 aliphatic rings. The first-order valence-corrected chi connectivity index (χ1v) is 5.80. The third kappa shape index (κ3) is 3.18. The summed E-state index contributed by atoms with van der Waals surface area (Å²) in [5.41, 5.74) is 0.813. The summed E-state index contributed by atoms with van der Waals surface area (Å²) in [4.78, 5) is 11.9. The van der Waals surface area contributed by atoms with E-state index in [1.54, 1.807) is 11.8 Å². The average Bonchev–Trinajstić information content (AvgIpc) is 2.17. The van der Waals surface area contributed by atoms with E-state index in [0.717, 1.165) is 5.56 Å². The van der Waals surface area contributed by atoms with Crippen molar-refractivity contribution in [1.29, 1.82) is 0 Å². The monoisotopic (exact) mass is 208 g/mol. The number of hydrogen-bond acceptors (Lipinski definition) is 2. The second-order valence-electron chi connectivity index (χ2n) is 3.56. The van der Waals surface area contributed by atoms with Crippen LogP contribution < -0.4 is 0 Å². The number of hydrogen-bond donors (Lipinski definition) is 0. The minimum absolute atomic E-state index is 0.0531. The zero-order chi connectivity index (χ0) is 10.6. The molecule has 0 aromatic heterocycles. The van der Waals surface area contributed by atoms with Gasteiger partial charge in [-0.1, -0.05) is 44.2 Å². The summed E-state index contributed by atoms with van der Waals surface area (Å²) < 4.78 is 0. The van der Waals surface area contributed by atoms with Crippen molar-refractivity contribution in [3.63, 3.8) is 0 Å². The fourth-order valence-electron chi connectivity index (χ4n) is 1.31. The van der Waals surface area contributed by atoms with Gasteiger partial charge in [0, 0.05) is 5.56 Å². The SMILES string of the molecule is CC(C)S[C@H](C)C(=O)c1ccccc1. The van der Waals surface area contributed by atoms with Crippen LogP contribution in [0.25, 0.3) is 0 Å². The molecular formula is C12H16OS. The quantitative estimate of drug-likeness (QED) is 0.705. The summed E-state index contributed by atoms with van der Waals surface area (Å²) in [7, 11) is 0. The van der Waals surface area contributed by atoms with E-state index in [1.165, 1.54) is 0 Å². The molecule has 0 spiro atoms. The number of carbonyl (C=O) groups excluding carboxylic acids is 1. The lowest BCUT2D eigenvalue weighted by molar-refractivity contribution is 0.0994. The Morgan fingerprint density at radius 3 is 2.21 bits per heavy atom. The van der Waals surface area contributed by atoms with Gasteiger partial charge in [-0.05, 0) is 12.2 Å². The fraction of sp³-hybridized carbons (Fsp3) is 0.417. The Hall–Kier alpha value is -0.760. The molecule has 0 N–H and O–H groups in total. The number of Topliss-reactive ketones (excluding diaryl/α,β-unsaturated/α-hetero) is 1. The topological polar surface area (TPSA) is 17.1 Å². The number of rotatable bonds is 4. The van der Waals surface area contributed by atoms with Crippen molar-refractivity contribution in [2.24, 2.45) is 0 Å². The van der Waals surface area contributed by atoms with Gasteiger partial charge in [-0.2, -0.15) is 0 Å². The van der Waals surface area contributed by atoms with Crippen LogP contribution in [0.2, 0.25) is 0 Å². The molecule has 1 aromatic rings. The molecular weight excluding hydrogens is 192 g/mol. The van der Waals surface area contributed by atoms with E-state index in [9.17, 15) is 4.79 Å². The van der Waals surface area contributed by atoms with Gasteiger partial charge in [0.15, 0.2) is 5.78 Å². The van der Waals surface area contributed by atoms with Crippen molar-refractivity contribution in [1.82, 2.24) is 0 Å². The Morgan fingerprint density at radius 1 is 1.14 bits per heavy atom. The van der Waals surface area contributed by atoms with E-state index in [2.05, 4.69) is 13.8 Å². The van der Waals surface area contributed by atoms with E-state index >= 15 is 0 Å². The summed E-state index contributed by atoms with van der Waals surface area (Å²) in [5, 5.41) is 0.551. The third-order valence-electron chi connectivity index (χ3n) is 1.90. The Balaban J connectivity index is 2.66. The number of carbonyl (C=O) groups is 1. The zero-order valence-electron chi connectivity index (χ0n) is 8.86. The molecule has 0 unspecified atom stereocenters. The number of thioether (sulfide) groups is 1. The largest absolute Gasteiger partial charge is 0.293 e. The van der Waals surface area contributed by atoms with Gasteiger partial charge in [0.25, 0.3) is 0 Å². The first-order valence-electron chi connectivity index (χ1n) is 4.86. The van der Waals surface area contributed by atoms with Gasteiger partial charge in [0.2, 0.25) is 0 Å². The second-order valence-corrected chi connectivity index (χ2v) is 5.48. The Kier molecular flexibility index (Phi) is 4.21. The summed E-state index contributed by atoms with van der Waals surface area (Å²) in [6, 6.07) is 9.48. The lowest BCUT2D eigenvalue weighted by Crippen LogP contribution is -2.15. The van der Waals surface area contributed by atoms with Crippen LogP contribution in [-0.4, -0.2) is 16.3 Å². The van der Waals surface area contributed by atoms with E-state index < -0.39 is 0 Å². The molecule has 76 valence electrons. The molecule has 1 nitrogen and oxygen atoms in total. The van der Waals surface area contributed by atoms with Crippen LogP contribution in [0.5, 0.6) is 0 Å². The molecule has 0 fully saturated rings. The molecule has 0 saturated heterocycles. The van der Waals surface area contributed by atoms with Gasteiger partial charge in [-0.3, -0.25) is 4.79 Å². The number of ketones is 1. The summed E-state index contributed by atoms with van der Waals surface area (Å²) in [6.45, 7) is 6.19. The fourth-order valence-corrected chi connectivity index (χ4v) is 2.38. The molecule has 1 atom stereocenters. The van der Waals surface area contributed by atoms with Crippen molar-refractivity contribution in [3.05, 3.63) is 35.9 Å². The van der Waals surface area contributed by atoms with Gasteiger partial charge in [-0.25, -0.2) is 0 Å². The first-order chi connectivity index (χ1) is 6.61. The van der Waals surface area contributed by atoms with E-state index in [-0.39, 0.29) is 11.0 Å². The van der Waals surface area contributed by atoms with Crippen LogP contribution in [0.4, 0.5) is 0 Å². The van der Waals surface area contributed by atoms with Gasteiger partial charge < -0.3 is 0 Å². The van der Waals surface area contributed by atoms with Crippen molar-refractivity contribution >= 4 is 17.5 Å². The third-order valence-corrected chi connectivity index (χ3v) is 3.07. The van der Waals surface area contributed by atoms with Crippen LogP contribution in [0.3, 0.4) is 0 Å². The Bertz CT molecular complexity index is 292. The van der Waals surface area contributed by atoms with Crippen molar-refractivity contribution < 1.29 is 4.79 Å². The van der Waals surface area contributed by atoms with Crippen LogP contribution in [0, 0.1) is 0 Å². The molecule has 14 heavy (non-hydrogen) atoms. The van der Waals surface area contributed by atoms with Crippen LogP contribution >= 0.6 is 11.8 Å². The molecule has 0 saturated carbocycles. The molecule has 1 aromatic carbocycles. The second kappa shape index (κ2) is 5.20. The van der Waals surface area contributed by atoms with Crippen molar-refractivity contribution in [3.8, 4) is 0 Å². The highest BCUT2D eigenvalue weighted by Crippen LogP contribution is 2.20. The molecule has 0 amide bonds. The minimum Gasteiger partial charge on any atom is -0.293 e. The lowest BCUT2D eigenvalue weighted by Gasteiger charge is -2.12. The van der Waals surface area contributed by atoms with Gasteiger partial charge >= 0.3 is 0 Å². The molecule has 0 aliphatic heterocycles. The van der Waals surface area contributed by atoms with Crippen molar-refractivity contribution in [2.75, 3.05) is 0 Å². The molecule has 2 heteroatoms. The van der Waals surface area contributed by atoms with E-state index in [4.69, 9.17) is 0 Å². The van der Waals surface area contributed by atoms with Crippen LogP contribution in [0.1, 0.15) is 31.1 Å². The van der Waals surface area contributed by atoms with Gasteiger partial charge in [0.05, 0.1) is 5.25 Å². The molecule has 0 heterocycles. The maximum atomic E-state index is 11.9. The predicted octanol–water partition coefficient (Wildman–Crippen LogP) is 3.40. The first kappa shape index (κ1) is 11.3. The smallest absolute Gasteiger partial charge is 0.175 e. The standard InChI is InChI=1S/C12H16OS/c1-9(2)14-10(3)12(13)11-7-5-4-6-8-11/h4-10H,1-3H3/t10-/m1/s1. The van der Waals surface area contributed by atoms with E-state index in [1.807, 2.05) is 37.3 Å². The average molecular weight is 208 g/mol. The maximum Gasteiger partial charge on any atom is 0.175 e. The van der Waals surface area contributed by atoms with E-state index in [0.29, 0.717) is 5.25 Å². The van der Waals surface area contributed by atoms with Crippen LogP contribution in [0.15, 0.2) is 30.3 Å². The summed E-state index contributed by atoms with van der Waals surface area (Å²) in [5.74, 6) is 0.226. The highest BCUT2D eigenvalue weighted by atomic mass is 32.2. The van der Waals surface area contributed by atoms with Crippen molar-refractivity contribution in [2.45, 2.75) is 31.3 Å². The Morgan fingerprint density at radius 2 is 1.71 bits per heavy atom. The highest BCUT2D eigenvalue weighted by Gasteiger charge is 2.16. The molecule has 0 aliphatic carbocycles. The highest BCUT2D eigenvalue weighted by molar-refractivity contribution is 8.01. The Labute approximate surface area is 89.9 Å². The van der Waals surface area contributed by atoms with Gasteiger partial charge in [0.1, 0.15) is 0 Å². The molecule has 0 radical (unpaired) electrons. The number of benzene rings is 1. The van der Waals surface area contributed by atoms with Gasteiger partial charge in [-0.15, -0.1) is 11.8 Å². The zero-order valence-corrected chi connectivity index (χ0v) is 9.67. The summed E-state index contributed by atoms with van der Waals surface area (Å²) >= 11 is 1.71. The maximum absolute atomic E-state index is 11.9. The molecule has 1 rings (SSSR count). The summed E-state index contributed by atoms with van der Waals surface area (Å²) in [6.07, 6.45) is 0. The minimum atomic E-state index is 0.0531. The van der Waals surface area contributed by atoms with Crippen LogP contribution in [-0.2, 0) is 0 Å². The predicted molar refractivity (Wildman–Crippen MR) is 63.0 cm³/mol. The lowest BCUT2D eigenvalue weighted by atomic mass is 10.1.